The van der Waals surface area contributed by atoms with E-state index in [9.17, 15) is 14.3 Å². The predicted octanol–water partition coefficient (Wildman–Crippen LogP) is 6.17. The zero-order chi connectivity index (χ0) is 23.3. The van der Waals surface area contributed by atoms with Gasteiger partial charge in [-0.15, -0.1) is 0 Å². The molecule has 1 aliphatic heterocycles. The summed E-state index contributed by atoms with van der Waals surface area (Å²) >= 11 is 6.12. The van der Waals surface area contributed by atoms with Crippen LogP contribution in [0, 0.1) is 5.82 Å². The number of aldehydes is 1. The molecule has 3 aromatic carbocycles. The molecule has 0 spiro atoms. The lowest BCUT2D eigenvalue weighted by molar-refractivity contribution is -0.105. The van der Waals surface area contributed by atoms with Crippen molar-refractivity contribution in [3.8, 4) is 0 Å². The summed E-state index contributed by atoms with van der Waals surface area (Å²) in [5, 5.41) is 16.2. The van der Waals surface area contributed by atoms with Crippen LogP contribution in [-0.4, -0.2) is 29.7 Å². The quantitative estimate of drug-likeness (QED) is 0.241. The number of hydrogen-bond donors (Lipinski definition) is 2. The summed E-state index contributed by atoms with van der Waals surface area (Å²) < 4.78 is 13.8. The summed E-state index contributed by atoms with van der Waals surface area (Å²) in [5.41, 5.74) is 1.91. The lowest BCUT2D eigenvalue weighted by Gasteiger charge is -2.43. The number of aliphatic hydroxyl groups is 1. The molecule has 3 unspecified atom stereocenters. The van der Waals surface area contributed by atoms with Gasteiger partial charge in [-0.25, -0.2) is 4.39 Å². The van der Waals surface area contributed by atoms with Crippen LogP contribution in [0.3, 0.4) is 0 Å². The minimum Gasteiger partial charge on any atom is -0.388 e. The molecule has 1 heterocycles. The first kappa shape index (κ1) is 23.8. The summed E-state index contributed by atoms with van der Waals surface area (Å²) in [6.45, 7) is 0.658. The van der Waals surface area contributed by atoms with Gasteiger partial charge in [-0.05, 0) is 61.5 Å². The molecule has 0 bridgehead atoms. The molecular formula is C27H26ClFNO2P. The van der Waals surface area contributed by atoms with E-state index in [2.05, 4.69) is 17.2 Å². The maximum Gasteiger partial charge on any atom is 0.146 e. The summed E-state index contributed by atoms with van der Waals surface area (Å²) in [6, 6.07) is 23.6. The van der Waals surface area contributed by atoms with Gasteiger partial charge < -0.3 is 5.11 Å². The molecule has 1 aliphatic rings. The third-order valence-corrected chi connectivity index (χ3v) is 8.57. The van der Waals surface area contributed by atoms with Crippen LogP contribution in [0.1, 0.15) is 29.0 Å². The van der Waals surface area contributed by atoms with E-state index in [1.807, 2.05) is 30.3 Å². The van der Waals surface area contributed by atoms with Crippen LogP contribution in [0.4, 0.5) is 4.39 Å². The topological polar surface area (TPSA) is 49.3 Å². The molecule has 0 amide bonds. The zero-order valence-corrected chi connectivity index (χ0v) is 19.8. The van der Waals surface area contributed by atoms with E-state index >= 15 is 0 Å². The first-order chi connectivity index (χ1) is 16.0. The Balaban J connectivity index is 1.71. The van der Waals surface area contributed by atoms with Crippen LogP contribution in [0.5, 0.6) is 0 Å². The average Bonchev–Trinajstić information content (AvgIpc) is 2.80. The normalized spacial score (nSPS) is 22.0. The van der Waals surface area contributed by atoms with Gasteiger partial charge >= 0.3 is 0 Å². The summed E-state index contributed by atoms with van der Waals surface area (Å²) in [5.74, 6) is -0.928. The number of nitrogens with one attached hydrogen (secondary N) is 1. The van der Waals surface area contributed by atoms with E-state index in [1.54, 1.807) is 30.3 Å². The first-order valence-corrected chi connectivity index (χ1v) is 13.0. The fourth-order valence-corrected chi connectivity index (χ4v) is 7.03. The van der Waals surface area contributed by atoms with Gasteiger partial charge in [0.2, 0.25) is 0 Å². The smallest absolute Gasteiger partial charge is 0.146 e. The van der Waals surface area contributed by atoms with E-state index in [4.69, 9.17) is 11.6 Å². The van der Waals surface area contributed by atoms with E-state index in [0.29, 0.717) is 35.3 Å². The number of benzene rings is 3. The Morgan fingerprint density at radius 2 is 1.88 bits per heavy atom. The number of rotatable bonds is 7. The molecular weight excluding hydrogens is 456 g/mol. The van der Waals surface area contributed by atoms with Gasteiger partial charge in [0.1, 0.15) is 12.1 Å². The van der Waals surface area contributed by atoms with Crippen LogP contribution >= 0.6 is 19.7 Å². The highest BCUT2D eigenvalue weighted by Gasteiger charge is 2.43. The highest BCUT2D eigenvalue weighted by atomic mass is 35.5. The molecule has 0 radical (unpaired) electrons. The number of hydrogen-bond acceptors (Lipinski definition) is 3. The Morgan fingerprint density at radius 1 is 1.12 bits per heavy atom. The minimum absolute atomic E-state index is 0.371. The minimum atomic E-state index is -1.13. The van der Waals surface area contributed by atoms with Crippen molar-refractivity contribution in [2.75, 3.05) is 12.7 Å². The molecule has 2 N–H and O–H groups in total. The Hall–Kier alpha value is -2.36. The van der Waals surface area contributed by atoms with E-state index in [-0.39, 0.29) is 5.82 Å². The molecule has 3 nitrogen and oxygen atoms in total. The van der Waals surface area contributed by atoms with E-state index in [0.717, 1.165) is 18.0 Å². The Kier molecular flexibility index (Phi) is 7.72. The van der Waals surface area contributed by atoms with Crippen molar-refractivity contribution in [1.82, 2.24) is 5.09 Å². The number of carbonyl (C=O) groups excluding carboxylic acids is 1. The van der Waals surface area contributed by atoms with Crippen LogP contribution in [0.2, 0.25) is 5.02 Å². The Morgan fingerprint density at radius 3 is 2.58 bits per heavy atom. The SMILES string of the molecule is O=C/C(=C\c1cccc(F)c1)C(c1ccc(Cl)cc1)C1(O)CCNP(Cc2ccccc2)C1. The maximum atomic E-state index is 13.8. The summed E-state index contributed by atoms with van der Waals surface area (Å²) in [6.07, 6.45) is 4.34. The lowest BCUT2D eigenvalue weighted by atomic mass is 9.76. The maximum absolute atomic E-state index is 13.8. The van der Waals surface area contributed by atoms with Crippen molar-refractivity contribution in [1.29, 1.82) is 0 Å². The number of halogens is 2. The third kappa shape index (κ3) is 5.96. The van der Waals surface area contributed by atoms with Crippen LogP contribution in [0.15, 0.2) is 84.4 Å². The van der Waals surface area contributed by atoms with Gasteiger partial charge in [-0.1, -0.05) is 66.2 Å². The second-order valence-electron chi connectivity index (χ2n) is 8.41. The number of carbonyl (C=O) groups is 1. The van der Waals surface area contributed by atoms with Crippen LogP contribution < -0.4 is 5.09 Å². The van der Waals surface area contributed by atoms with Gasteiger partial charge in [0.25, 0.3) is 0 Å². The molecule has 33 heavy (non-hydrogen) atoms. The van der Waals surface area contributed by atoms with Crippen molar-refractivity contribution < 1.29 is 14.3 Å². The summed E-state index contributed by atoms with van der Waals surface area (Å²) in [4.78, 5) is 12.3. The third-order valence-electron chi connectivity index (χ3n) is 5.97. The van der Waals surface area contributed by atoms with Gasteiger partial charge in [-0.3, -0.25) is 9.88 Å². The first-order valence-electron chi connectivity index (χ1n) is 10.9. The molecule has 3 atom stereocenters. The standard InChI is InChI=1S/C27H26ClFNO2P/c28-24-11-9-22(10-12-24)26(23(17-31)15-21-7-4-8-25(29)16-21)27(32)13-14-30-33(19-27)18-20-5-2-1-3-6-20/h1-12,15-17,26,30,32H,13-14,18-19H2/b23-15+. The Bertz CT molecular complexity index is 1120. The van der Waals surface area contributed by atoms with Crippen molar-refractivity contribution in [3.63, 3.8) is 0 Å². The molecule has 6 heteroatoms. The van der Waals surface area contributed by atoms with Crippen molar-refractivity contribution in [3.05, 3.63) is 112 Å². The average molecular weight is 482 g/mol. The van der Waals surface area contributed by atoms with Crippen molar-refractivity contribution in [2.24, 2.45) is 0 Å². The molecule has 0 saturated carbocycles. The van der Waals surface area contributed by atoms with Gasteiger partial charge in [0.05, 0.1) is 5.60 Å². The highest BCUT2D eigenvalue weighted by Crippen LogP contribution is 2.49. The molecule has 0 aliphatic carbocycles. The second-order valence-corrected chi connectivity index (χ2v) is 10.9. The van der Waals surface area contributed by atoms with Crippen LogP contribution in [0.25, 0.3) is 6.08 Å². The molecule has 1 fully saturated rings. The van der Waals surface area contributed by atoms with Crippen LogP contribution in [-0.2, 0) is 11.0 Å². The van der Waals surface area contributed by atoms with E-state index < -0.39 is 19.6 Å². The molecule has 4 rings (SSSR count). The molecule has 0 aromatic heterocycles. The summed E-state index contributed by atoms with van der Waals surface area (Å²) in [7, 11) is -0.688. The lowest BCUT2D eigenvalue weighted by Crippen LogP contribution is -2.47. The second kappa shape index (κ2) is 10.7. The monoisotopic (exact) mass is 481 g/mol. The molecule has 170 valence electrons. The fourth-order valence-electron chi connectivity index (χ4n) is 4.49. The van der Waals surface area contributed by atoms with Gasteiger partial charge in [-0.2, -0.15) is 0 Å². The van der Waals surface area contributed by atoms with Gasteiger partial charge in [0.15, 0.2) is 0 Å². The predicted molar refractivity (Wildman–Crippen MR) is 134 cm³/mol. The largest absolute Gasteiger partial charge is 0.388 e. The molecule has 3 aromatic rings. The zero-order valence-electron chi connectivity index (χ0n) is 18.1. The Labute approximate surface area is 200 Å². The highest BCUT2D eigenvalue weighted by molar-refractivity contribution is 7.54. The van der Waals surface area contributed by atoms with E-state index in [1.165, 1.54) is 17.7 Å². The fraction of sp³-hybridized carbons (Fsp3) is 0.222. The molecule has 1 saturated heterocycles. The van der Waals surface area contributed by atoms with Gasteiger partial charge in [0, 0.05) is 35.4 Å². The van der Waals surface area contributed by atoms with Crippen molar-refractivity contribution >= 4 is 32.0 Å². The van der Waals surface area contributed by atoms with Crippen molar-refractivity contribution in [2.45, 2.75) is 24.1 Å².